The fraction of sp³-hybridized carbons (Fsp3) is 0.217. The van der Waals surface area contributed by atoms with Crippen LogP contribution in [0.3, 0.4) is 0 Å². The molecule has 1 aliphatic heterocycles. The van der Waals surface area contributed by atoms with Crippen molar-refractivity contribution in [1.29, 1.82) is 0 Å². The van der Waals surface area contributed by atoms with E-state index in [2.05, 4.69) is 39.3 Å². The largest absolute Gasteiger partial charge is 0.448 e. The molecule has 1 aliphatic rings. The Balaban J connectivity index is 1.26. The van der Waals surface area contributed by atoms with E-state index in [4.69, 9.17) is 4.42 Å². The van der Waals surface area contributed by atoms with Gasteiger partial charge in [-0.1, -0.05) is 12.1 Å². The van der Waals surface area contributed by atoms with E-state index in [0.29, 0.717) is 5.76 Å². The highest BCUT2D eigenvalue weighted by atomic mass is 32.1. The van der Waals surface area contributed by atoms with E-state index >= 15 is 0 Å². The zero-order chi connectivity index (χ0) is 20.5. The number of likely N-dealkylation sites (N-methyl/N-ethyl adjacent to an activating group) is 1. The molecular formula is C23H22N4O2S. The first kappa shape index (κ1) is 18.8. The average Bonchev–Trinajstić information content (AvgIpc) is 3.42. The highest BCUT2D eigenvalue weighted by Crippen LogP contribution is 2.31. The number of thiazole rings is 1. The minimum absolute atomic E-state index is 0.269. The Morgan fingerprint density at radius 3 is 2.53 bits per heavy atom. The lowest BCUT2D eigenvalue weighted by atomic mass is 10.2. The lowest BCUT2D eigenvalue weighted by Crippen LogP contribution is -2.44. The van der Waals surface area contributed by atoms with Gasteiger partial charge in [-0.25, -0.2) is 4.98 Å². The van der Waals surface area contributed by atoms with E-state index < -0.39 is 0 Å². The van der Waals surface area contributed by atoms with Crippen LogP contribution in [0, 0.1) is 0 Å². The summed E-state index contributed by atoms with van der Waals surface area (Å²) in [5.74, 6) is 0.605. The zero-order valence-electron chi connectivity index (χ0n) is 16.7. The molecule has 4 aromatic rings. The second kappa shape index (κ2) is 7.93. The summed E-state index contributed by atoms with van der Waals surface area (Å²) in [7, 11) is 2.15. The molecule has 7 heteroatoms. The van der Waals surface area contributed by atoms with E-state index in [9.17, 15) is 4.79 Å². The molecule has 30 heavy (non-hydrogen) atoms. The third kappa shape index (κ3) is 3.81. The number of aromatic nitrogens is 1. The quantitative estimate of drug-likeness (QED) is 0.526. The monoisotopic (exact) mass is 418 g/mol. The fourth-order valence-corrected chi connectivity index (χ4v) is 4.49. The maximum absolute atomic E-state index is 12.6. The number of nitrogens with zero attached hydrogens (tertiary/aromatic N) is 3. The smallest absolute Gasteiger partial charge is 0.291 e. The minimum atomic E-state index is -0.269. The van der Waals surface area contributed by atoms with Crippen molar-refractivity contribution in [2.24, 2.45) is 0 Å². The summed E-state index contributed by atoms with van der Waals surface area (Å²) >= 11 is 1.55. The van der Waals surface area contributed by atoms with Gasteiger partial charge in [0, 0.05) is 37.6 Å². The number of nitrogens with one attached hydrogen (secondary N) is 1. The number of fused-ring (bicyclic) bond motifs is 1. The summed E-state index contributed by atoms with van der Waals surface area (Å²) in [6, 6.07) is 19.4. The Hall–Kier alpha value is -3.16. The number of piperazine rings is 1. The van der Waals surface area contributed by atoms with Crippen molar-refractivity contribution < 1.29 is 9.21 Å². The average molecular weight is 419 g/mol. The van der Waals surface area contributed by atoms with Crippen LogP contribution in [0.25, 0.3) is 21.0 Å². The van der Waals surface area contributed by atoms with Crippen molar-refractivity contribution in [2.45, 2.75) is 0 Å². The van der Waals surface area contributed by atoms with Gasteiger partial charge < -0.3 is 19.5 Å². The molecule has 0 bridgehead atoms. The van der Waals surface area contributed by atoms with Crippen molar-refractivity contribution in [3.63, 3.8) is 0 Å². The first-order chi connectivity index (χ1) is 14.7. The first-order valence-electron chi connectivity index (χ1n) is 9.96. The molecule has 0 radical (unpaired) electrons. The van der Waals surface area contributed by atoms with Gasteiger partial charge in [0.15, 0.2) is 16.5 Å². The topological polar surface area (TPSA) is 61.6 Å². The standard InChI is InChI=1S/C23H22N4O2S/c1-26-12-14-27(15-13-26)17-8-6-16(7-9-17)24-22(28)19-10-11-20(29-19)23-25-18-4-2-3-5-21(18)30-23/h2-11H,12-15H2,1H3,(H,24,28). The second-order valence-electron chi connectivity index (χ2n) is 7.44. The maximum atomic E-state index is 12.6. The third-order valence-electron chi connectivity index (χ3n) is 5.33. The van der Waals surface area contributed by atoms with E-state index in [-0.39, 0.29) is 11.7 Å². The van der Waals surface area contributed by atoms with Gasteiger partial charge in [0.1, 0.15) is 0 Å². The van der Waals surface area contributed by atoms with Crippen molar-refractivity contribution in [3.05, 3.63) is 66.4 Å². The number of hydrogen-bond acceptors (Lipinski definition) is 6. The molecule has 1 fully saturated rings. The van der Waals surface area contributed by atoms with E-state index in [1.807, 2.05) is 36.4 Å². The van der Waals surface area contributed by atoms with Gasteiger partial charge in [0.2, 0.25) is 0 Å². The van der Waals surface area contributed by atoms with Gasteiger partial charge in [-0.05, 0) is 55.6 Å². The van der Waals surface area contributed by atoms with Crippen LogP contribution < -0.4 is 10.2 Å². The Morgan fingerprint density at radius 2 is 1.77 bits per heavy atom. The van der Waals surface area contributed by atoms with E-state index in [1.54, 1.807) is 23.5 Å². The van der Waals surface area contributed by atoms with Crippen molar-refractivity contribution in [2.75, 3.05) is 43.4 Å². The summed E-state index contributed by atoms with van der Waals surface area (Å²) < 4.78 is 6.88. The van der Waals surface area contributed by atoms with Crippen molar-refractivity contribution in [3.8, 4) is 10.8 Å². The van der Waals surface area contributed by atoms with Crippen LogP contribution in [0.1, 0.15) is 10.6 Å². The number of rotatable bonds is 4. The number of anilines is 2. The number of amides is 1. The fourth-order valence-electron chi connectivity index (χ4n) is 3.57. The third-order valence-corrected chi connectivity index (χ3v) is 6.38. The lowest BCUT2D eigenvalue weighted by molar-refractivity contribution is 0.0997. The Morgan fingerprint density at radius 1 is 1.00 bits per heavy atom. The zero-order valence-corrected chi connectivity index (χ0v) is 17.5. The van der Waals surface area contributed by atoms with Crippen molar-refractivity contribution in [1.82, 2.24) is 9.88 Å². The molecule has 5 rings (SSSR count). The molecule has 1 saturated heterocycles. The highest BCUT2D eigenvalue weighted by molar-refractivity contribution is 7.21. The summed E-state index contributed by atoms with van der Waals surface area (Å²) in [5.41, 5.74) is 2.85. The van der Waals surface area contributed by atoms with Crippen LogP contribution in [-0.2, 0) is 0 Å². The SMILES string of the molecule is CN1CCN(c2ccc(NC(=O)c3ccc(-c4nc5ccccc5s4)o3)cc2)CC1. The van der Waals surface area contributed by atoms with Crippen LogP contribution in [-0.4, -0.2) is 49.0 Å². The van der Waals surface area contributed by atoms with Gasteiger partial charge in [-0.2, -0.15) is 0 Å². The second-order valence-corrected chi connectivity index (χ2v) is 8.47. The molecule has 0 saturated carbocycles. The number of benzene rings is 2. The molecule has 2 aromatic carbocycles. The van der Waals surface area contributed by atoms with E-state index in [1.165, 1.54) is 5.69 Å². The minimum Gasteiger partial charge on any atom is -0.448 e. The van der Waals surface area contributed by atoms with Gasteiger partial charge in [0.25, 0.3) is 5.91 Å². The molecule has 0 atom stereocenters. The Bertz CT molecular complexity index is 1140. The predicted molar refractivity (Wildman–Crippen MR) is 121 cm³/mol. The number of carbonyl (C=O) groups is 1. The van der Waals surface area contributed by atoms with Crippen LogP contribution in [0.2, 0.25) is 0 Å². The Kier molecular flexibility index (Phi) is 4.98. The maximum Gasteiger partial charge on any atom is 0.291 e. The summed E-state index contributed by atoms with van der Waals surface area (Å²) in [6.07, 6.45) is 0. The molecule has 0 spiro atoms. The molecule has 0 unspecified atom stereocenters. The molecule has 152 valence electrons. The summed E-state index contributed by atoms with van der Waals surface area (Å²) in [5, 5.41) is 3.68. The lowest BCUT2D eigenvalue weighted by Gasteiger charge is -2.34. The summed E-state index contributed by atoms with van der Waals surface area (Å²) in [6.45, 7) is 4.16. The van der Waals surface area contributed by atoms with Crippen LogP contribution in [0.15, 0.2) is 65.1 Å². The van der Waals surface area contributed by atoms with Crippen molar-refractivity contribution >= 4 is 38.8 Å². The normalized spacial score (nSPS) is 14.9. The van der Waals surface area contributed by atoms with Crippen LogP contribution in [0.4, 0.5) is 11.4 Å². The first-order valence-corrected chi connectivity index (χ1v) is 10.8. The molecule has 3 heterocycles. The molecular weight excluding hydrogens is 396 g/mol. The summed E-state index contributed by atoms with van der Waals surface area (Å²) in [4.78, 5) is 21.9. The highest BCUT2D eigenvalue weighted by Gasteiger charge is 2.16. The van der Waals surface area contributed by atoms with Crippen LogP contribution in [0.5, 0.6) is 0 Å². The molecule has 6 nitrogen and oxygen atoms in total. The molecule has 2 aromatic heterocycles. The van der Waals surface area contributed by atoms with Gasteiger partial charge in [0.05, 0.1) is 10.2 Å². The number of para-hydroxylation sites is 1. The van der Waals surface area contributed by atoms with Crippen LogP contribution >= 0.6 is 11.3 Å². The molecule has 1 amide bonds. The van der Waals surface area contributed by atoms with Gasteiger partial charge in [-0.15, -0.1) is 11.3 Å². The number of furan rings is 1. The predicted octanol–water partition coefficient (Wildman–Crippen LogP) is 4.56. The number of hydrogen-bond donors (Lipinski definition) is 1. The van der Waals surface area contributed by atoms with E-state index in [0.717, 1.165) is 47.1 Å². The van der Waals surface area contributed by atoms with Gasteiger partial charge in [-0.3, -0.25) is 4.79 Å². The number of carbonyl (C=O) groups excluding carboxylic acids is 1. The molecule has 1 N–H and O–H groups in total. The van der Waals surface area contributed by atoms with Gasteiger partial charge >= 0.3 is 0 Å². The molecule has 0 aliphatic carbocycles. The Labute approximate surface area is 178 Å².